The summed E-state index contributed by atoms with van der Waals surface area (Å²) in [7, 11) is -4.34. The van der Waals surface area contributed by atoms with E-state index in [0.29, 0.717) is 22.8 Å². The van der Waals surface area contributed by atoms with Crippen molar-refractivity contribution in [1.29, 1.82) is 0 Å². The Balaban J connectivity index is 1.80. The summed E-state index contributed by atoms with van der Waals surface area (Å²) in [5.74, 6) is -0.814. The number of ether oxygens (including phenoxy) is 1. The second-order valence-corrected chi connectivity index (χ2v) is 13.0. The van der Waals surface area contributed by atoms with E-state index in [-0.39, 0.29) is 32.8 Å². The van der Waals surface area contributed by atoms with Crippen LogP contribution in [0.5, 0.6) is 0 Å². The predicted octanol–water partition coefficient (Wildman–Crippen LogP) is 7.50. The molecule has 4 rings (SSSR count). The number of sulfonamides is 1. The first-order valence-corrected chi connectivity index (χ1v) is 14.8. The van der Waals surface area contributed by atoms with E-state index < -0.39 is 28.1 Å². The highest BCUT2D eigenvalue weighted by Gasteiger charge is 2.31. The minimum atomic E-state index is -4.34. The number of Topliss-reactive ketones (excluding diaryl/α,β-unsaturated/α-hetero) is 1. The molecule has 0 bridgehead atoms. The molecule has 4 aromatic rings. The normalized spacial score (nSPS) is 11.8. The van der Waals surface area contributed by atoms with Crippen LogP contribution in [0.4, 0.5) is 5.69 Å². The Morgan fingerprint density at radius 1 is 0.825 bits per heavy atom. The monoisotopic (exact) mass is 597 g/mol. The lowest BCUT2D eigenvalue weighted by atomic mass is 9.96. The third kappa shape index (κ3) is 7.02. The third-order valence-electron chi connectivity index (χ3n) is 6.07. The van der Waals surface area contributed by atoms with Crippen LogP contribution >= 0.6 is 23.2 Å². The Labute approximate surface area is 244 Å². The summed E-state index contributed by atoms with van der Waals surface area (Å²) in [6, 6.07) is 23.9. The van der Waals surface area contributed by atoms with E-state index in [1.165, 1.54) is 18.2 Å². The number of ketones is 1. The van der Waals surface area contributed by atoms with Crippen LogP contribution < -0.4 is 4.31 Å². The summed E-state index contributed by atoms with van der Waals surface area (Å²) >= 11 is 12.3. The van der Waals surface area contributed by atoms with Crippen LogP contribution in [0.25, 0.3) is 10.8 Å². The smallest absolute Gasteiger partial charge is 0.327 e. The van der Waals surface area contributed by atoms with Crippen molar-refractivity contribution in [3.8, 4) is 0 Å². The van der Waals surface area contributed by atoms with E-state index in [1.807, 2.05) is 30.3 Å². The fraction of sp³-hybridized carbons (Fsp3) is 0.226. The lowest BCUT2D eigenvalue weighted by Gasteiger charge is -2.27. The number of aryl methyl sites for hydroxylation is 1. The summed E-state index contributed by atoms with van der Waals surface area (Å²) in [6.45, 7) is 4.50. The lowest BCUT2D eigenvalue weighted by Crippen LogP contribution is -2.39. The van der Waals surface area contributed by atoms with Gasteiger partial charge in [0.2, 0.25) is 0 Å². The van der Waals surface area contributed by atoms with Crippen molar-refractivity contribution in [3.63, 3.8) is 0 Å². The van der Waals surface area contributed by atoms with Crippen molar-refractivity contribution in [3.05, 3.63) is 106 Å². The van der Waals surface area contributed by atoms with E-state index >= 15 is 0 Å². The van der Waals surface area contributed by atoms with Crippen LogP contribution in [0, 0.1) is 0 Å². The molecule has 0 N–H and O–H groups in total. The highest BCUT2D eigenvalue weighted by atomic mass is 35.5. The molecule has 208 valence electrons. The van der Waals surface area contributed by atoms with Crippen molar-refractivity contribution in [2.45, 2.75) is 44.1 Å². The molecule has 0 aromatic heterocycles. The van der Waals surface area contributed by atoms with Crippen molar-refractivity contribution in [2.75, 3.05) is 10.8 Å². The Hall–Kier alpha value is -3.39. The van der Waals surface area contributed by atoms with E-state index in [2.05, 4.69) is 0 Å². The second kappa shape index (κ2) is 12.0. The van der Waals surface area contributed by atoms with E-state index in [4.69, 9.17) is 27.9 Å². The molecule has 0 radical (unpaired) electrons. The van der Waals surface area contributed by atoms with E-state index in [9.17, 15) is 18.0 Å². The molecule has 0 atom stereocenters. The number of nitrogens with zero attached hydrogens (tertiary/aromatic N) is 1. The van der Waals surface area contributed by atoms with Crippen LogP contribution in [-0.2, 0) is 26.0 Å². The zero-order valence-electron chi connectivity index (χ0n) is 22.4. The maximum atomic E-state index is 14.0. The van der Waals surface area contributed by atoms with Gasteiger partial charge in [-0.2, -0.15) is 0 Å². The molecular weight excluding hydrogens is 569 g/mol. The first kappa shape index (κ1) is 29.6. The molecule has 9 heteroatoms. The first-order chi connectivity index (χ1) is 18.8. The number of anilines is 1. The standard InChI is InChI=1S/C31H29Cl2NO5S/c1-31(2,3)39-30(36)20-34(40(37,38)24-18-22(32)17-23(33)19-24)28-15-14-27(25-11-7-8-12-26(25)28)29(35)16-13-21-9-5-4-6-10-21/h4-12,14-15,17-19H,13,16,20H2,1-3H3. The summed E-state index contributed by atoms with van der Waals surface area (Å²) in [4.78, 5) is 26.1. The summed E-state index contributed by atoms with van der Waals surface area (Å²) < 4.78 is 34.4. The van der Waals surface area contributed by atoms with Gasteiger partial charge in [0.05, 0.1) is 10.6 Å². The van der Waals surface area contributed by atoms with Gasteiger partial charge in [-0.05, 0) is 68.5 Å². The lowest BCUT2D eigenvalue weighted by molar-refractivity contribution is -0.152. The first-order valence-electron chi connectivity index (χ1n) is 12.6. The molecular formula is C31H29Cl2NO5S. The second-order valence-electron chi connectivity index (χ2n) is 10.3. The Morgan fingerprint density at radius 3 is 2.05 bits per heavy atom. The molecule has 0 saturated carbocycles. The Kier molecular flexibility index (Phi) is 8.88. The molecule has 6 nitrogen and oxygen atoms in total. The van der Waals surface area contributed by atoms with Crippen molar-refractivity contribution in [1.82, 2.24) is 0 Å². The van der Waals surface area contributed by atoms with Crippen LogP contribution in [0.1, 0.15) is 43.1 Å². The van der Waals surface area contributed by atoms with Gasteiger partial charge in [-0.15, -0.1) is 0 Å². The molecule has 0 spiro atoms. The Bertz CT molecular complexity index is 1640. The molecule has 0 saturated heterocycles. The minimum absolute atomic E-state index is 0.0743. The molecule has 0 aliphatic carbocycles. The molecule has 4 aromatic carbocycles. The predicted molar refractivity (Wildman–Crippen MR) is 160 cm³/mol. The molecule has 0 heterocycles. The Morgan fingerprint density at radius 2 is 1.43 bits per heavy atom. The van der Waals surface area contributed by atoms with Crippen molar-refractivity contribution in [2.24, 2.45) is 0 Å². The number of esters is 1. The molecule has 0 amide bonds. The zero-order chi connectivity index (χ0) is 29.1. The highest BCUT2D eigenvalue weighted by molar-refractivity contribution is 7.93. The zero-order valence-corrected chi connectivity index (χ0v) is 24.7. The average molecular weight is 599 g/mol. The van der Waals surface area contributed by atoms with E-state index in [1.54, 1.807) is 57.2 Å². The maximum Gasteiger partial charge on any atom is 0.327 e. The molecule has 0 fully saturated rings. The number of benzene rings is 4. The van der Waals surface area contributed by atoms with Crippen LogP contribution in [0.2, 0.25) is 10.0 Å². The third-order valence-corrected chi connectivity index (χ3v) is 8.24. The number of halogens is 2. The summed E-state index contributed by atoms with van der Waals surface area (Å²) in [6.07, 6.45) is 0.860. The number of rotatable bonds is 9. The van der Waals surface area contributed by atoms with Gasteiger partial charge in [0.1, 0.15) is 12.1 Å². The number of hydrogen-bond acceptors (Lipinski definition) is 5. The van der Waals surface area contributed by atoms with Gasteiger partial charge in [0.15, 0.2) is 5.78 Å². The van der Waals surface area contributed by atoms with Gasteiger partial charge in [-0.3, -0.25) is 13.9 Å². The summed E-state index contributed by atoms with van der Waals surface area (Å²) in [5, 5.41) is 1.33. The van der Waals surface area contributed by atoms with Crippen molar-refractivity contribution < 1.29 is 22.7 Å². The quantitative estimate of drug-likeness (QED) is 0.147. The topological polar surface area (TPSA) is 80.8 Å². The van der Waals surface area contributed by atoms with Gasteiger partial charge < -0.3 is 4.74 Å². The van der Waals surface area contributed by atoms with Gasteiger partial charge in [0.25, 0.3) is 10.0 Å². The van der Waals surface area contributed by atoms with Crippen molar-refractivity contribution >= 4 is 61.4 Å². The number of carbonyl (C=O) groups excluding carboxylic acids is 2. The molecule has 0 aliphatic rings. The number of carbonyl (C=O) groups is 2. The fourth-order valence-electron chi connectivity index (χ4n) is 4.38. The fourth-order valence-corrected chi connectivity index (χ4v) is 6.53. The average Bonchev–Trinajstić information content (AvgIpc) is 2.89. The molecule has 40 heavy (non-hydrogen) atoms. The molecule has 0 unspecified atom stereocenters. The SMILES string of the molecule is CC(C)(C)OC(=O)CN(c1ccc(C(=O)CCc2ccccc2)c2ccccc12)S(=O)(=O)c1cc(Cl)cc(Cl)c1. The van der Waals surface area contributed by atoms with Gasteiger partial charge >= 0.3 is 5.97 Å². The number of hydrogen-bond donors (Lipinski definition) is 0. The minimum Gasteiger partial charge on any atom is -0.459 e. The van der Waals surface area contributed by atoms with Gasteiger partial charge in [-0.1, -0.05) is 77.8 Å². The summed E-state index contributed by atoms with van der Waals surface area (Å²) in [5.41, 5.74) is 0.905. The van der Waals surface area contributed by atoms with Crippen LogP contribution in [0.3, 0.4) is 0 Å². The van der Waals surface area contributed by atoms with Gasteiger partial charge in [-0.25, -0.2) is 8.42 Å². The maximum absolute atomic E-state index is 14.0. The largest absolute Gasteiger partial charge is 0.459 e. The molecule has 0 aliphatic heterocycles. The highest BCUT2D eigenvalue weighted by Crippen LogP contribution is 2.35. The van der Waals surface area contributed by atoms with Crippen LogP contribution in [0.15, 0.2) is 89.8 Å². The van der Waals surface area contributed by atoms with Crippen LogP contribution in [-0.4, -0.2) is 32.3 Å². The van der Waals surface area contributed by atoms with E-state index in [0.717, 1.165) is 9.87 Å². The van der Waals surface area contributed by atoms with Gasteiger partial charge in [0, 0.05) is 27.4 Å². The number of fused-ring (bicyclic) bond motifs is 1.